The largest absolute Gasteiger partial charge is 0.487 e. The molecule has 214 valence electrons. The average molecular weight is 563 g/mol. The first kappa shape index (κ1) is 27.8. The smallest absolute Gasteiger partial charge is 0.419 e. The number of aliphatic hydroxyl groups excluding tert-OH is 2. The molecule has 0 saturated heterocycles. The Bertz CT molecular complexity index is 1460. The predicted molar refractivity (Wildman–Crippen MR) is 139 cm³/mol. The number of alkyl halides is 3. The molecule has 3 N–H and O–H groups in total. The molecule has 1 saturated carbocycles. The van der Waals surface area contributed by atoms with Gasteiger partial charge in [-0.2, -0.15) is 23.4 Å². The highest BCUT2D eigenvalue weighted by molar-refractivity contribution is 5.93. The summed E-state index contributed by atoms with van der Waals surface area (Å²) in [6, 6.07) is 4.97. The molecule has 0 amide bonds. The molecule has 40 heavy (non-hydrogen) atoms. The van der Waals surface area contributed by atoms with Crippen molar-refractivity contribution in [2.45, 2.75) is 63.6 Å². The predicted octanol–water partition coefficient (Wildman–Crippen LogP) is 4.80. The van der Waals surface area contributed by atoms with Gasteiger partial charge >= 0.3 is 6.18 Å². The highest BCUT2D eigenvalue weighted by Crippen LogP contribution is 2.38. The van der Waals surface area contributed by atoms with E-state index in [-0.39, 0.29) is 19.2 Å². The summed E-state index contributed by atoms with van der Waals surface area (Å²) in [5, 5.41) is 32.1. The summed E-state index contributed by atoms with van der Waals surface area (Å²) in [5.74, 6) is -1.09. The van der Waals surface area contributed by atoms with Crippen LogP contribution >= 0.6 is 0 Å². The van der Waals surface area contributed by atoms with Crippen LogP contribution in [0, 0.1) is 5.82 Å². The standard InChI is InChI=1S/C27H30F4N6O3/c1-2-32-24-10-22-20(12-33-24)26(16-11-34-36(13-16)14-18(39)15-38)35-37(22)17-6-8-19(9-7-17)40-23-5-3-4-21(25(23)28)27(29,30)31/h3-5,10-13,17-19,38-39H,2,6-9,14-15H2,1H3,(H,32,33)/t17-,18-,19+/m0/s1. The van der Waals surface area contributed by atoms with Gasteiger partial charge in [0.1, 0.15) is 11.5 Å². The molecule has 0 aliphatic heterocycles. The number of aromatic nitrogens is 5. The number of nitrogens with zero attached hydrogens (tertiary/aromatic N) is 5. The van der Waals surface area contributed by atoms with Crippen LogP contribution < -0.4 is 10.1 Å². The fourth-order valence-electron chi connectivity index (χ4n) is 5.07. The lowest BCUT2D eigenvalue weighted by Gasteiger charge is -2.30. The molecule has 1 aliphatic carbocycles. The number of benzene rings is 1. The fourth-order valence-corrected chi connectivity index (χ4v) is 5.07. The highest BCUT2D eigenvalue weighted by atomic mass is 19.4. The molecule has 0 bridgehead atoms. The normalized spacial score (nSPS) is 18.7. The highest BCUT2D eigenvalue weighted by Gasteiger charge is 2.36. The van der Waals surface area contributed by atoms with Crippen LogP contribution in [0.2, 0.25) is 0 Å². The summed E-state index contributed by atoms with van der Waals surface area (Å²) >= 11 is 0. The monoisotopic (exact) mass is 562 g/mol. The third-order valence-corrected chi connectivity index (χ3v) is 7.02. The molecule has 1 aliphatic rings. The Morgan fingerprint density at radius 3 is 2.65 bits per heavy atom. The maximum Gasteiger partial charge on any atom is 0.419 e. The van der Waals surface area contributed by atoms with E-state index in [1.165, 1.54) is 10.7 Å². The molecule has 3 heterocycles. The molecule has 9 nitrogen and oxygen atoms in total. The van der Waals surface area contributed by atoms with Crippen molar-refractivity contribution in [1.29, 1.82) is 0 Å². The molecule has 3 aromatic heterocycles. The Balaban J connectivity index is 1.38. The van der Waals surface area contributed by atoms with Gasteiger partial charge < -0.3 is 20.3 Å². The van der Waals surface area contributed by atoms with Gasteiger partial charge in [0.25, 0.3) is 0 Å². The summed E-state index contributed by atoms with van der Waals surface area (Å²) in [7, 11) is 0. The van der Waals surface area contributed by atoms with Crippen molar-refractivity contribution >= 4 is 16.7 Å². The number of anilines is 1. The lowest BCUT2D eigenvalue weighted by Crippen LogP contribution is -2.26. The van der Waals surface area contributed by atoms with E-state index in [9.17, 15) is 22.7 Å². The average Bonchev–Trinajstić information content (AvgIpc) is 3.54. The van der Waals surface area contributed by atoms with Gasteiger partial charge in [0.2, 0.25) is 0 Å². The van der Waals surface area contributed by atoms with E-state index >= 15 is 0 Å². The molecular formula is C27H30F4N6O3. The first-order valence-corrected chi connectivity index (χ1v) is 13.1. The zero-order chi connectivity index (χ0) is 28.4. The molecule has 1 fully saturated rings. The molecular weight excluding hydrogens is 532 g/mol. The third kappa shape index (κ3) is 5.75. The van der Waals surface area contributed by atoms with E-state index in [0.717, 1.165) is 22.5 Å². The maximum absolute atomic E-state index is 14.5. The van der Waals surface area contributed by atoms with E-state index in [1.807, 2.05) is 17.7 Å². The number of hydrogen-bond acceptors (Lipinski definition) is 7. The van der Waals surface area contributed by atoms with Gasteiger partial charge in [0.05, 0.1) is 48.7 Å². The molecule has 4 aromatic rings. The molecule has 1 aromatic carbocycles. The first-order chi connectivity index (χ1) is 19.2. The van der Waals surface area contributed by atoms with Gasteiger partial charge in [-0.15, -0.1) is 0 Å². The molecule has 1 atom stereocenters. The summed E-state index contributed by atoms with van der Waals surface area (Å²) < 4.78 is 63.0. The Kier molecular flexibility index (Phi) is 7.95. The minimum absolute atomic E-state index is 0.0226. The molecule has 5 rings (SSSR count). The van der Waals surface area contributed by atoms with E-state index in [2.05, 4.69) is 15.4 Å². The van der Waals surface area contributed by atoms with Crippen molar-refractivity contribution in [3.05, 3.63) is 54.2 Å². The zero-order valence-electron chi connectivity index (χ0n) is 21.8. The summed E-state index contributed by atoms with van der Waals surface area (Å²) in [4.78, 5) is 4.50. The van der Waals surface area contributed by atoms with Crippen LogP contribution in [0.25, 0.3) is 22.2 Å². The number of aliphatic hydroxyl groups is 2. The van der Waals surface area contributed by atoms with Crippen LogP contribution in [0.4, 0.5) is 23.4 Å². The van der Waals surface area contributed by atoms with Gasteiger partial charge in [0.15, 0.2) is 11.6 Å². The van der Waals surface area contributed by atoms with Crippen molar-refractivity contribution in [2.24, 2.45) is 0 Å². The van der Waals surface area contributed by atoms with E-state index in [1.54, 1.807) is 18.6 Å². The number of nitrogens with one attached hydrogen (secondary N) is 1. The Morgan fingerprint density at radius 2 is 1.95 bits per heavy atom. The Hall–Kier alpha value is -3.71. The molecule has 0 radical (unpaired) electrons. The molecule has 13 heteroatoms. The molecule has 0 unspecified atom stereocenters. The van der Waals surface area contributed by atoms with Crippen LogP contribution in [0.5, 0.6) is 5.75 Å². The summed E-state index contributed by atoms with van der Waals surface area (Å²) in [5.41, 5.74) is 0.912. The zero-order valence-corrected chi connectivity index (χ0v) is 21.8. The van der Waals surface area contributed by atoms with Gasteiger partial charge in [-0.3, -0.25) is 9.36 Å². The number of rotatable bonds is 9. The second-order valence-electron chi connectivity index (χ2n) is 9.86. The Morgan fingerprint density at radius 1 is 1.18 bits per heavy atom. The number of halogens is 4. The van der Waals surface area contributed by atoms with Crippen LogP contribution in [0.3, 0.4) is 0 Å². The lowest BCUT2D eigenvalue weighted by molar-refractivity contribution is -0.140. The number of fused-ring (bicyclic) bond motifs is 1. The van der Waals surface area contributed by atoms with Crippen LogP contribution in [-0.2, 0) is 12.7 Å². The van der Waals surface area contributed by atoms with Gasteiger partial charge in [0, 0.05) is 36.0 Å². The van der Waals surface area contributed by atoms with E-state index in [0.29, 0.717) is 49.8 Å². The van der Waals surface area contributed by atoms with Crippen molar-refractivity contribution in [2.75, 3.05) is 18.5 Å². The van der Waals surface area contributed by atoms with Crippen LogP contribution in [0.1, 0.15) is 44.2 Å². The van der Waals surface area contributed by atoms with Gasteiger partial charge in [-0.1, -0.05) is 6.07 Å². The van der Waals surface area contributed by atoms with Crippen molar-refractivity contribution in [1.82, 2.24) is 24.5 Å². The number of hydrogen-bond donors (Lipinski definition) is 3. The second-order valence-corrected chi connectivity index (χ2v) is 9.86. The van der Waals surface area contributed by atoms with Crippen molar-refractivity contribution in [3.63, 3.8) is 0 Å². The SMILES string of the molecule is CCNc1cc2c(cn1)c(-c1cnn(C[C@H](O)CO)c1)nn2[C@H]1CC[C@@H](Oc2cccc(C(F)(F)F)c2F)CC1. The van der Waals surface area contributed by atoms with E-state index in [4.69, 9.17) is 14.9 Å². The van der Waals surface area contributed by atoms with Crippen molar-refractivity contribution in [3.8, 4) is 17.0 Å². The topological polar surface area (TPSA) is 110 Å². The maximum atomic E-state index is 14.5. The minimum atomic E-state index is -4.80. The van der Waals surface area contributed by atoms with Gasteiger partial charge in [-0.25, -0.2) is 9.37 Å². The minimum Gasteiger partial charge on any atom is -0.487 e. The fraction of sp³-hybridized carbons (Fsp3) is 0.444. The number of pyridine rings is 1. The van der Waals surface area contributed by atoms with Crippen LogP contribution in [0.15, 0.2) is 42.9 Å². The van der Waals surface area contributed by atoms with E-state index < -0.39 is 35.5 Å². The molecule has 0 spiro atoms. The number of ether oxygens (including phenoxy) is 1. The first-order valence-electron chi connectivity index (χ1n) is 13.1. The summed E-state index contributed by atoms with van der Waals surface area (Å²) in [6.45, 7) is 2.41. The lowest BCUT2D eigenvalue weighted by atomic mass is 9.93. The van der Waals surface area contributed by atoms with Crippen LogP contribution in [-0.4, -0.2) is 60.1 Å². The third-order valence-electron chi connectivity index (χ3n) is 7.02. The second kappa shape index (κ2) is 11.4. The van der Waals surface area contributed by atoms with Crippen molar-refractivity contribution < 1.29 is 32.5 Å². The summed E-state index contributed by atoms with van der Waals surface area (Å²) in [6.07, 6.45) is 1.26. The Labute approximate surface area is 227 Å². The quantitative estimate of drug-likeness (QED) is 0.252. The van der Waals surface area contributed by atoms with Gasteiger partial charge in [-0.05, 0) is 44.7 Å².